The number of likely N-dealkylation sites (N-methyl/N-ethyl adjacent to an activating group) is 1. The molecule has 0 saturated heterocycles. The molecular weight excluding hydrogens is 152 g/mol. The van der Waals surface area contributed by atoms with E-state index in [1.165, 1.54) is 0 Å². The number of anilines is 1. The quantitative estimate of drug-likeness (QED) is 0.607. The Morgan fingerprint density at radius 2 is 2.08 bits per heavy atom. The normalized spacial score (nSPS) is 21.3. The Bertz CT molecular complexity index is 335. The van der Waals surface area contributed by atoms with Crippen LogP contribution in [0.3, 0.4) is 0 Å². The average molecular weight is 162 g/mol. The molecule has 3 nitrogen and oxygen atoms in total. The first-order valence-electron chi connectivity index (χ1n) is 3.83. The number of rotatable bonds is 0. The number of ketones is 1. The van der Waals surface area contributed by atoms with E-state index < -0.39 is 6.17 Å². The van der Waals surface area contributed by atoms with Gasteiger partial charge in [-0.05, 0) is 12.1 Å². The number of hydrogen-bond acceptors (Lipinski definition) is 3. The van der Waals surface area contributed by atoms with E-state index in [-0.39, 0.29) is 5.78 Å². The van der Waals surface area contributed by atoms with Gasteiger partial charge in [0.25, 0.3) is 0 Å². The van der Waals surface area contributed by atoms with Gasteiger partial charge in [-0.3, -0.25) is 4.79 Å². The molecule has 1 unspecified atom stereocenters. The fraction of sp³-hybridized carbons (Fsp3) is 0.222. The lowest BCUT2D eigenvalue weighted by molar-refractivity contribution is 0.0974. The molecule has 62 valence electrons. The zero-order valence-corrected chi connectivity index (χ0v) is 6.82. The van der Waals surface area contributed by atoms with Crippen LogP contribution in [0.5, 0.6) is 0 Å². The van der Waals surface area contributed by atoms with Crippen LogP contribution in [0.2, 0.25) is 0 Å². The summed E-state index contributed by atoms with van der Waals surface area (Å²) in [4.78, 5) is 13.2. The van der Waals surface area contributed by atoms with E-state index in [4.69, 9.17) is 5.73 Å². The minimum Gasteiger partial charge on any atom is -0.352 e. The van der Waals surface area contributed by atoms with E-state index in [0.717, 1.165) is 11.3 Å². The van der Waals surface area contributed by atoms with Gasteiger partial charge in [-0.2, -0.15) is 0 Å². The van der Waals surface area contributed by atoms with Gasteiger partial charge in [0.1, 0.15) is 6.17 Å². The third kappa shape index (κ3) is 0.769. The monoisotopic (exact) mass is 162 g/mol. The molecule has 0 amide bonds. The average Bonchev–Trinajstić information content (AvgIpc) is 2.33. The molecule has 0 saturated carbocycles. The van der Waals surface area contributed by atoms with E-state index in [0.29, 0.717) is 0 Å². The fourth-order valence-electron chi connectivity index (χ4n) is 1.47. The summed E-state index contributed by atoms with van der Waals surface area (Å²) in [5.41, 5.74) is 7.30. The van der Waals surface area contributed by atoms with Crippen LogP contribution in [-0.2, 0) is 0 Å². The highest BCUT2D eigenvalue weighted by molar-refractivity contribution is 6.10. The zero-order chi connectivity index (χ0) is 8.72. The second kappa shape index (κ2) is 2.32. The maximum absolute atomic E-state index is 11.4. The van der Waals surface area contributed by atoms with Crippen LogP contribution < -0.4 is 10.6 Å². The molecule has 1 aromatic carbocycles. The van der Waals surface area contributed by atoms with Crippen LogP contribution >= 0.6 is 0 Å². The number of carbonyl (C=O) groups excluding carboxylic acids is 1. The lowest BCUT2D eigenvalue weighted by Gasteiger charge is -2.16. The van der Waals surface area contributed by atoms with Crippen molar-refractivity contribution in [1.82, 2.24) is 0 Å². The van der Waals surface area contributed by atoms with Gasteiger partial charge in [0.2, 0.25) is 5.78 Å². The van der Waals surface area contributed by atoms with Crippen LogP contribution in [0.1, 0.15) is 10.4 Å². The Kier molecular flexibility index (Phi) is 1.41. The third-order valence-corrected chi connectivity index (χ3v) is 2.24. The molecule has 12 heavy (non-hydrogen) atoms. The minimum absolute atomic E-state index is 0.00750. The largest absolute Gasteiger partial charge is 0.352 e. The molecule has 2 rings (SSSR count). The maximum Gasteiger partial charge on any atom is 0.201 e. The number of nitrogens with two attached hydrogens (primary N) is 1. The maximum atomic E-state index is 11.4. The molecular formula is C9H10N2O. The molecule has 3 heteroatoms. The smallest absolute Gasteiger partial charge is 0.201 e. The summed E-state index contributed by atoms with van der Waals surface area (Å²) in [5, 5.41) is 0. The van der Waals surface area contributed by atoms with Crippen molar-refractivity contribution in [2.75, 3.05) is 11.9 Å². The topological polar surface area (TPSA) is 46.3 Å². The van der Waals surface area contributed by atoms with Crippen molar-refractivity contribution in [2.45, 2.75) is 6.17 Å². The van der Waals surface area contributed by atoms with Gasteiger partial charge in [0, 0.05) is 18.3 Å². The first-order valence-corrected chi connectivity index (χ1v) is 3.83. The highest BCUT2D eigenvalue weighted by atomic mass is 16.1. The summed E-state index contributed by atoms with van der Waals surface area (Å²) in [7, 11) is 1.83. The summed E-state index contributed by atoms with van der Waals surface area (Å²) >= 11 is 0. The zero-order valence-electron chi connectivity index (χ0n) is 6.82. The van der Waals surface area contributed by atoms with Crippen molar-refractivity contribution in [3.8, 4) is 0 Å². The van der Waals surface area contributed by atoms with Crippen molar-refractivity contribution in [3.63, 3.8) is 0 Å². The predicted molar refractivity (Wildman–Crippen MR) is 47.2 cm³/mol. The summed E-state index contributed by atoms with van der Waals surface area (Å²) in [6.07, 6.45) is -0.498. The van der Waals surface area contributed by atoms with Crippen molar-refractivity contribution in [1.29, 1.82) is 0 Å². The lowest BCUT2D eigenvalue weighted by atomic mass is 10.1. The van der Waals surface area contributed by atoms with Crippen LogP contribution in [0.15, 0.2) is 24.3 Å². The molecule has 2 N–H and O–H groups in total. The molecule has 0 aromatic heterocycles. The molecule has 1 aliphatic heterocycles. The number of para-hydroxylation sites is 1. The second-order valence-electron chi connectivity index (χ2n) is 2.94. The minimum atomic E-state index is -0.498. The van der Waals surface area contributed by atoms with Crippen LogP contribution in [0.4, 0.5) is 5.69 Å². The van der Waals surface area contributed by atoms with E-state index in [9.17, 15) is 4.79 Å². The first kappa shape index (κ1) is 7.31. The summed E-state index contributed by atoms with van der Waals surface area (Å²) in [6, 6.07) is 7.46. The molecule has 1 aliphatic rings. The van der Waals surface area contributed by atoms with Crippen molar-refractivity contribution in [3.05, 3.63) is 29.8 Å². The van der Waals surface area contributed by atoms with Crippen molar-refractivity contribution < 1.29 is 4.79 Å². The first-order chi connectivity index (χ1) is 5.72. The number of fused-ring (bicyclic) bond motifs is 1. The third-order valence-electron chi connectivity index (χ3n) is 2.24. The fourth-order valence-corrected chi connectivity index (χ4v) is 1.47. The van der Waals surface area contributed by atoms with E-state index in [1.807, 2.05) is 25.2 Å². The Morgan fingerprint density at radius 3 is 2.75 bits per heavy atom. The second-order valence-corrected chi connectivity index (χ2v) is 2.94. The predicted octanol–water partition coefficient (Wildman–Crippen LogP) is 0.604. The Labute approximate surface area is 70.8 Å². The van der Waals surface area contributed by atoms with Crippen LogP contribution in [0.25, 0.3) is 0 Å². The van der Waals surface area contributed by atoms with Gasteiger partial charge in [-0.25, -0.2) is 0 Å². The number of Topliss-reactive ketones (excluding diaryl/α,β-unsaturated/α-hetero) is 1. The molecule has 1 aromatic rings. The molecule has 0 bridgehead atoms. The van der Waals surface area contributed by atoms with Crippen molar-refractivity contribution >= 4 is 11.5 Å². The number of nitrogens with zero attached hydrogens (tertiary/aromatic N) is 1. The van der Waals surface area contributed by atoms with E-state index in [2.05, 4.69) is 0 Å². The van der Waals surface area contributed by atoms with E-state index >= 15 is 0 Å². The number of benzene rings is 1. The van der Waals surface area contributed by atoms with Crippen LogP contribution in [0, 0.1) is 0 Å². The molecule has 1 atom stereocenters. The van der Waals surface area contributed by atoms with Gasteiger partial charge >= 0.3 is 0 Å². The highest BCUT2D eigenvalue weighted by Crippen LogP contribution is 2.27. The van der Waals surface area contributed by atoms with Gasteiger partial charge in [-0.1, -0.05) is 12.1 Å². The lowest BCUT2D eigenvalue weighted by Crippen LogP contribution is -2.40. The Balaban J connectivity index is 2.59. The molecule has 0 fully saturated rings. The van der Waals surface area contributed by atoms with Gasteiger partial charge in [-0.15, -0.1) is 0 Å². The summed E-state index contributed by atoms with van der Waals surface area (Å²) in [5.74, 6) is 0.00750. The highest BCUT2D eigenvalue weighted by Gasteiger charge is 2.31. The van der Waals surface area contributed by atoms with Crippen LogP contribution in [-0.4, -0.2) is 19.0 Å². The van der Waals surface area contributed by atoms with Gasteiger partial charge in [0.05, 0.1) is 0 Å². The molecule has 0 aliphatic carbocycles. The summed E-state index contributed by atoms with van der Waals surface area (Å²) in [6.45, 7) is 0. The summed E-state index contributed by atoms with van der Waals surface area (Å²) < 4.78 is 0. The van der Waals surface area contributed by atoms with Gasteiger partial charge in [0.15, 0.2) is 0 Å². The van der Waals surface area contributed by atoms with E-state index in [1.54, 1.807) is 11.0 Å². The number of carbonyl (C=O) groups is 1. The Morgan fingerprint density at radius 1 is 1.42 bits per heavy atom. The Hall–Kier alpha value is -1.35. The molecule has 0 radical (unpaired) electrons. The number of hydrogen-bond donors (Lipinski definition) is 1. The molecule has 1 heterocycles. The SMILES string of the molecule is CN1c2ccccc2C(=O)C1N. The van der Waals surface area contributed by atoms with Gasteiger partial charge < -0.3 is 10.6 Å². The molecule has 0 spiro atoms. The van der Waals surface area contributed by atoms with Crippen molar-refractivity contribution in [2.24, 2.45) is 5.73 Å². The standard InChI is InChI=1S/C9H10N2O/c1-11-7-5-3-2-4-6(7)8(12)9(11)10/h2-5,9H,10H2,1H3.